The predicted octanol–water partition coefficient (Wildman–Crippen LogP) is 3.90. The summed E-state index contributed by atoms with van der Waals surface area (Å²) in [7, 11) is 0. The molecule has 1 heterocycles. The molecule has 0 aliphatic rings. The minimum Gasteiger partial charge on any atom is -0.259 e. The van der Waals surface area contributed by atoms with Crippen LogP contribution in [0.5, 0.6) is 0 Å². The van der Waals surface area contributed by atoms with E-state index in [1.165, 1.54) is 17.3 Å². The van der Waals surface area contributed by atoms with Crippen LogP contribution in [0, 0.1) is 13.8 Å². The van der Waals surface area contributed by atoms with Crippen LogP contribution in [0.1, 0.15) is 11.1 Å². The zero-order valence-electron chi connectivity index (χ0n) is 9.07. The zero-order valence-corrected chi connectivity index (χ0v) is 10.6. The average Bonchev–Trinajstić information content (AvgIpc) is 2.24. The van der Waals surface area contributed by atoms with Gasteiger partial charge in [-0.15, -0.1) is 0 Å². The number of aromatic nitrogens is 2. The molecule has 0 bridgehead atoms. The Morgan fingerprint density at radius 1 is 1.12 bits per heavy atom. The first-order chi connectivity index (χ1) is 7.65. The summed E-state index contributed by atoms with van der Waals surface area (Å²) in [6.45, 7) is 4.20. The van der Waals surface area contributed by atoms with Crippen LogP contribution in [0.4, 0.5) is 0 Å². The fourth-order valence-electron chi connectivity index (χ4n) is 1.27. The van der Waals surface area contributed by atoms with Gasteiger partial charge in [0.25, 0.3) is 0 Å². The number of nitrogens with zero attached hydrogens (tertiary/aromatic N) is 2. The quantitative estimate of drug-likeness (QED) is 0.809. The molecular weight excluding hydrogens is 240 g/mol. The second kappa shape index (κ2) is 4.85. The van der Waals surface area contributed by atoms with E-state index in [1.807, 2.05) is 0 Å². The van der Waals surface area contributed by atoms with Crippen molar-refractivity contribution in [2.45, 2.75) is 23.8 Å². The van der Waals surface area contributed by atoms with Gasteiger partial charge in [-0.2, -0.15) is 0 Å². The molecule has 0 amide bonds. The summed E-state index contributed by atoms with van der Waals surface area (Å²) in [5.74, 6) is 0. The summed E-state index contributed by atoms with van der Waals surface area (Å²) in [6.07, 6.45) is 3.25. The highest BCUT2D eigenvalue weighted by Gasteiger charge is 2.01. The Kier molecular flexibility index (Phi) is 3.46. The predicted molar refractivity (Wildman–Crippen MR) is 67.1 cm³/mol. The molecular formula is C12H11ClN2S. The van der Waals surface area contributed by atoms with Crippen LogP contribution < -0.4 is 0 Å². The molecule has 16 heavy (non-hydrogen) atoms. The molecule has 0 radical (unpaired) electrons. The van der Waals surface area contributed by atoms with Gasteiger partial charge in [-0.05, 0) is 37.1 Å². The van der Waals surface area contributed by atoms with Crippen molar-refractivity contribution < 1.29 is 0 Å². The maximum Gasteiger partial charge on any atom is 0.148 e. The van der Waals surface area contributed by atoms with Gasteiger partial charge in [0.1, 0.15) is 10.2 Å². The average molecular weight is 251 g/mol. The van der Waals surface area contributed by atoms with Crippen molar-refractivity contribution in [3.8, 4) is 0 Å². The summed E-state index contributed by atoms with van der Waals surface area (Å²) < 4.78 is 0. The van der Waals surface area contributed by atoms with Gasteiger partial charge in [-0.3, -0.25) is 4.98 Å². The standard InChI is InChI=1S/C12H11ClN2S/c1-8-3-4-10(5-9(8)2)16-12-7-14-6-11(13)15-12/h3-7H,1-2H3. The van der Waals surface area contributed by atoms with Crippen LogP contribution in [0.2, 0.25) is 5.15 Å². The van der Waals surface area contributed by atoms with Gasteiger partial charge >= 0.3 is 0 Å². The van der Waals surface area contributed by atoms with Crippen molar-refractivity contribution in [3.05, 3.63) is 46.9 Å². The van der Waals surface area contributed by atoms with Gasteiger partial charge in [0.05, 0.1) is 12.4 Å². The van der Waals surface area contributed by atoms with Crippen molar-refractivity contribution in [2.24, 2.45) is 0 Å². The highest BCUT2D eigenvalue weighted by molar-refractivity contribution is 7.99. The van der Waals surface area contributed by atoms with Crippen molar-refractivity contribution in [2.75, 3.05) is 0 Å². The summed E-state index contributed by atoms with van der Waals surface area (Å²) >= 11 is 7.35. The van der Waals surface area contributed by atoms with Crippen LogP contribution in [0.25, 0.3) is 0 Å². The van der Waals surface area contributed by atoms with Crippen LogP contribution in [0.15, 0.2) is 40.5 Å². The number of hydrogen-bond acceptors (Lipinski definition) is 3. The molecule has 0 unspecified atom stereocenters. The molecule has 0 aliphatic heterocycles. The van der Waals surface area contributed by atoms with Crippen LogP contribution in [-0.2, 0) is 0 Å². The van der Waals surface area contributed by atoms with Crippen LogP contribution in [0.3, 0.4) is 0 Å². The van der Waals surface area contributed by atoms with Gasteiger partial charge in [0, 0.05) is 4.90 Å². The molecule has 2 aromatic rings. The Hall–Kier alpha value is -1.06. The van der Waals surface area contributed by atoms with Gasteiger partial charge in [0.15, 0.2) is 0 Å². The molecule has 82 valence electrons. The van der Waals surface area contributed by atoms with Crippen molar-refractivity contribution in [1.29, 1.82) is 0 Å². The molecule has 1 aromatic carbocycles. The van der Waals surface area contributed by atoms with E-state index in [2.05, 4.69) is 42.0 Å². The second-order valence-corrected chi connectivity index (χ2v) is 5.01. The Balaban J connectivity index is 2.24. The van der Waals surface area contributed by atoms with E-state index in [-0.39, 0.29) is 0 Å². The number of halogens is 1. The maximum atomic E-state index is 5.78. The Morgan fingerprint density at radius 2 is 1.94 bits per heavy atom. The number of aryl methyl sites for hydroxylation is 2. The van der Waals surface area contributed by atoms with Crippen molar-refractivity contribution in [3.63, 3.8) is 0 Å². The number of benzene rings is 1. The second-order valence-electron chi connectivity index (χ2n) is 3.53. The molecule has 0 N–H and O–H groups in total. The summed E-state index contributed by atoms with van der Waals surface area (Å²) in [6, 6.07) is 6.33. The Labute approximate surface area is 104 Å². The molecule has 0 fully saturated rings. The van der Waals surface area contributed by atoms with Crippen LogP contribution >= 0.6 is 23.4 Å². The molecule has 1 aromatic heterocycles. The first kappa shape index (κ1) is 11.4. The lowest BCUT2D eigenvalue weighted by Gasteiger charge is -2.04. The van der Waals surface area contributed by atoms with E-state index in [9.17, 15) is 0 Å². The largest absolute Gasteiger partial charge is 0.259 e. The highest BCUT2D eigenvalue weighted by atomic mass is 35.5. The smallest absolute Gasteiger partial charge is 0.148 e. The first-order valence-corrected chi connectivity index (χ1v) is 6.07. The summed E-state index contributed by atoms with van der Waals surface area (Å²) in [5.41, 5.74) is 2.57. The zero-order chi connectivity index (χ0) is 11.5. The first-order valence-electron chi connectivity index (χ1n) is 4.88. The molecule has 0 aliphatic carbocycles. The molecule has 2 rings (SSSR count). The molecule has 0 saturated carbocycles. The monoisotopic (exact) mass is 250 g/mol. The van der Waals surface area contributed by atoms with Crippen molar-refractivity contribution in [1.82, 2.24) is 9.97 Å². The minimum atomic E-state index is 0.425. The van der Waals surface area contributed by atoms with Gasteiger partial charge in [-0.25, -0.2) is 4.98 Å². The summed E-state index contributed by atoms with van der Waals surface area (Å²) in [5, 5.41) is 1.24. The molecule has 0 atom stereocenters. The van der Waals surface area contributed by atoms with E-state index < -0.39 is 0 Å². The number of hydrogen-bond donors (Lipinski definition) is 0. The van der Waals surface area contributed by atoms with Gasteiger partial charge < -0.3 is 0 Å². The topological polar surface area (TPSA) is 25.8 Å². The Morgan fingerprint density at radius 3 is 2.62 bits per heavy atom. The lowest BCUT2D eigenvalue weighted by Crippen LogP contribution is -1.85. The van der Waals surface area contributed by atoms with E-state index in [1.54, 1.807) is 18.0 Å². The van der Waals surface area contributed by atoms with E-state index in [0.29, 0.717) is 5.15 Å². The number of rotatable bonds is 2. The van der Waals surface area contributed by atoms with Crippen molar-refractivity contribution >= 4 is 23.4 Å². The molecule has 4 heteroatoms. The lowest BCUT2D eigenvalue weighted by atomic mass is 10.1. The molecule has 0 saturated heterocycles. The van der Waals surface area contributed by atoms with E-state index in [0.717, 1.165) is 9.92 Å². The van der Waals surface area contributed by atoms with E-state index in [4.69, 9.17) is 11.6 Å². The SMILES string of the molecule is Cc1ccc(Sc2cncc(Cl)n2)cc1C. The minimum absolute atomic E-state index is 0.425. The fraction of sp³-hybridized carbons (Fsp3) is 0.167. The maximum absolute atomic E-state index is 5.78. The lowest BCUT2D eigenvalue weighted by molar-refractivity contribution is 1.05. The fourth-order valence-corrected chi connectivity index (χ4v) is 2.34. The molecule has 0 spiro atoms. The van der Waals surface area contributed by atoms with Gasteiger partial charge in [-0.1, -0.05) is 29.4 Å². The molecule has 2 nitrogen and oxygen atoms in total. The normalized spacial score (nSPS) is 10.4. The summed E-state index contributed by atoms with van der Waals surface area (Å²) in [4.78, 5) is 9.34. The third-order valence-electron chi connectivity index (χ3n) is 2.28. The Bertz CT molecular complexity index is 514. The van der Waals surface area contributed by atoms with Crippen LogP contribution in [-0.4, -0.2) is 9.97 Å². The third kappa shape index (κ3) is 2.74. The van der Waals surface area contributed by atoms with E-state index >= 15 is 0 Å². The highest BCUT2D eigenvalue weighted by Crippen LogP contribution is 2.27. The third-order valence-corrected chi connectivity index (χ3v) is 3.36. The van der Waals surface area contributed by atoms with Gasteiger partial charge in [0.2, 0.25) is 0 Å².